The zero-order valence-corrected chi connectivity index (χ0v) is 12.0. The molecule has 2 N–H and O–H groups in total. The second-order valence-electron chi connectivity index (χ2n) is 3.52. The highest BCUT2D eigenvalue weighted by Gasteiger charge is 2.00. The van der Waals surface area contributed by atoms with Gasteiger partial charge in [-0.15, -0.1) is 23.1 Å². The van der Waals surface area contributed by atoms with E-state index in [1.165, 1.54) is 9.77 Å². The van der Waals surface area contributed by atoms with E-state index in [4.69, 9.17) is 17.3 Å². The average molecular weight is 294 g/mol. The number of hydrogen-bond acceptors (Lipinski definition) is 3. The Morgan fingerprint density at radius 2 is 2.17 bits per heavy atom. The Hall–Kier alpha value is -0.920. The van der Waals surface area contributed by atoms with E-state index in [2.05, 4.69) is 24.0 Å². The first-order chi connectivity index (χ1) is 8.78. The van der Waals surface area contributed by atoms with Gasteiger partial charge in [0.15, 0.2) is 0 Å². The lowest BCUT2D eigenvalue weighted by atomic mass is 10.4. The van der Waals surface area contributed by atoms with Crippen molar-refractivity contribution in [3.05, 3.63) is 51.2 Å². The molecule has 0 atom stereocenters. The van der Waals surface area contributed by atoms with Crippen LogP contribution in [0, 0.1) is 11.8 Å². The lowest BCUT2D eigenvalue weighted by molar-refractivity contribution is 1.30. The fourth-order valence-electron chi connectivity index (χ4n) is 1.37. The molecular weight excluding hydrogens is 282 g/mol. The van der Waals surface area contributed by atoms with Gasteiger partial charge in [0.25, 0.3) is 0 Å². The Bertz CT molecular complexity index is 581. The van der Waals surface area contributed by atoms with Crippen molar-refractivity contribution in [3.8, 4) is 11.8 Å². The topological polar surface area (TPSA) is 26.0 Å². The van der Waals surface area contributed by atoms with Crippen molar-refractivity contribution in [2.75, 3.05) is 6.54 Å². The summed E-state index contributed by atoms with van der Waals surface area (Å²) in [6.45, 7) is 0.407. The van der Waals surface area contributed by atoms with Gasteiger partial charge in [-0.3, -0.25) is 0 Å². The molecule has 0 saturated carbocycles. The molecule has 1 heterocycles. The molecule has 0 aliphatic carbocycles. The molecule has 1 nitrogen and oxygen atoms in total. The minimum absolute atomic E-state index is 0.407. The molecule has 0 bridgehead atoms. The van der Waals surface area contributed by atoms with Crippen molar-refractivity contribution in [3.63, 3.8) is 0 Å². The molecule has 2 rings (SSSR count). The van der Waals surface area contributed by atoms with E-state index in [1.807, 2.05) is 24.3 Å². The Labute approximate surface area is 120 Å². The molecule has 92 valence electrons. The SMILES string of the molecule is NCC#Cc1ccc(CSc2cccc(Cl)c2)s1. The van der Waals surface area contributed by atoms with Crippen LogP contribution in [0.2, 0.25) is 5.02 Å². The summed E-state index contributed by atoms with van der Waals surface area (Å²) in [5.74, 6) is 6.85. The number of thiophene rings is 1. The van der Waals surface area contributed by atoms with Crippen molar-refractivity contribution >= 4 is 34.7 Å². The van der Waals surface area contributed by atoms with Gasteiger partial charge >= 0.3 is 0 Å². The molecule has 0 saturated heterocycles. The summed E-state index contributed by atoms with van der Waals surface area (Å²) >= 11 is 9.44. The zero-order chi connectivity index (χ0) is 12.8. The van der Waals surface area contributed by atoms with Crippen LogP contribution in [0.1, 0.15) is 9.75 Å². The Morgan fingerprint density at radius 1 is 1.28 bits per heavy atom. The Morgan fingerprint density at radius 3 is 2.94 bits per heavy atom. The third-order valence-corrected chi connectivity index (χ3v) is 4.61. The maximum atomic E-state index is 5.95. The van der Waals surface area contributed by atoms with Crippen molar-refractivity contribution in [2.45, 2.75) is 10.6 Å². The van der Waals surface area contributed by atoms with Crippen molar-refractivity contribution < 1.29 is 0 Å². The lowest BCUT2D eigenvalue weighted by Crippen LogP contribution is -1.92. The van der Waals surface area contributed by atoms with Crippen LogP contribution in [0.25, 0.3) is 0 Å². The molecule has 1 aromatic heterocycles. The molecule has 0 spiro atoms. The molecule has 0 unspecified atom stereocenters. The van der Waals surface area contributed by atoms with Gasteiger partial charge in [-0.1, -0.05) is 29.5 Å². The number of rotatable bonds is 3. The highest BCUT2D eigenvalue weighted by molar-refractivity contribution is 7.98. The fraction of sp³-hybridized carbons (Fsp3) is 0.143. The summed E-state index contributed by atoms with van der Waals surface area (Å²) < 4.78 is 0. The predicted octanol–water partition coefficient (Wildman–Crippen LogP) is 4.00. The normalized spacial score (nSPS) is 9.89. The number of hydrogen-bond donors (Lipinski definition) is 1. The number of nitrogens with two attached hydrogens (primary N) is 1. The second kappa shape index (κ2) is 6.86. The van der Waals surface area contributed by atoms with Gasteiger partial charge in [-0.25, -0.2) is 0 Å². The van der Waals surface area contributed by atoms with Gasteiger partial charge in [0.05, 0.1) is 11.4 Å². The first-order valence-electron chi connectivity index (χ1n) is 5.44. The fourth-order valence-corrected chi connectivity index (χ4v) is 3.51. The second-order valence-corrected chi connectivity index (χ2v) is 6.17. The first kappa shape index (κ1) is 13.5. The molecule has 0 aliphatic heterocycles. The van der Waals surface area contributed by atoms with E-state index in [0.717, 1.165) is 15.7 Å². The lowest BCUT2D eigenvalue weighted by Gasteiger charge is -1.99. The van der Waals surface area contributed by atoms with Gasteiger partial charge in [-0.05, 0) is 30.3 Å². The summed E-state index contributed by atoms with van der Waals surface area (Å²) in [5, 5.41) is 0.778. The van der Waals surface area contributed by atoms with Gasteiger partial charge in [-0.2, -0.15) is 0 Å². The monoisotopic (exact) mass is 293 g/mol. The molecule has 0 amide bonds. The molecule has 2 aromatic rings. The minimum Gasteiger partial charge on any atom is -0.320 e. The predicted molar refractivity (Wildman–Crippen MR) is 81.3 cm³/mol. The molecule has 0 aliphatic rings. The van der Waals surface area contributed by atoms with E-state index in [-0.39, 0.29) is 0 Å². The van der Waals surface area contributed by atoms with E-state index in [1.54, 1.807) is 23.1 Å². The summed E-state index contributed by atoms with van der Waals surface area (Å²) in [7, 11) is 0. The smallest absolute Gasteiger partial charge is 0.0772 e. The van der Waals surface area contributed by atoms with Crippen LogP contribution < -0.4 is 5.73 Å². The van der Waals surface area contributed by atoms with Crippen LogP contribution in [-0.2, 0) is 5.75 Å². The van der Waals surface area contributed by atoms with Crippen LogP contribution >= 0.6 is 34.7 Å². The molecule has 1 aromatic carbocycles. The van der Waals surface area contributed by atoms with Crippen LogP contribution in [0.4, 0.5) is 0 Å². The standard InChI is InChI=1S/C14H12ClNS2/c15-11-3-1-4-13(9-11)17-10-14-7-6-12(18-14)5-2-8-16/h1,3-4,6-7,9H,8,10,16H2. The van der Waals surface area contributed by atoms with E-state index >= 15 is 0 Å². The average Bonchev–Trinajstić information content (AvgIpc) is 2.82. The van der Waals surface area contributed by atoms with Crippen molar-refractivity contribution in [2.24, 2.45) is 5.73 Å². The largest absolute Gasteiger partial charge is 0.320 e. The van der Waals surface area contributed by atoms with Crippen LogP contribution in [0.3, 0.4) is 0 Å². The Kier molecular flexibility index (Phi) is 5.15. The number of halogens is 1. The maximum absolute atomic E-state index is 5.95. The highest BCUT2D eigenvalue weighted by atomic mass is 35.5. The van der Waals surface area contributed by atoms with E-state index in [0.29, 0.717) is 6.54 Å². The summed E-state index contributed by atoms with van der Waals surface area (Å²) in [6, 6.07) is 12.1. The minimum atomic E-state index is 0.407. The quantitative estimate of drug-likeness (QED) is 0.684. The van der Waals surface area contributed by atoms with Gasteiger partial charge in [0.1, 0.15) is 0 Å². The van der Waals surface area contributed by atoms with Gasteiger partial charge in [0.2, 0.25) is 0 Å². The maximum Gasteiger partial charge on any atom is 0.0772 e. The molecule has 18 heavy (non-hydrogen) atoms. The van der Waals surface area contributed by atoms with Gasteiger partial charge in [0, 0.05) is 20.5 Å². The highest BCUT2D eigenvalue weighted by Crippen LogP contribution is 2.28. The van der Waals surface area contributed by atoms with Crippen LogP contribution in [-0.4, -0.2) is 6.54 Å². The molecular formula is C14H12ClNS2. The number of benzene rings is 1. The van der Waals surface area contributed by atoms with Crippen LogP contribution in [0.15, 0.2) is 41.3 Å². The third-order valence-electron chi connectivity index (χ3n) is 2.15. The first-order valence-corrected chi connectivity index (χ1v) is 7.62. The zero-order valence-electron chi connectivity index (χ0n) is 9.65. The van der Waals surface area contributed by atoms with Gasteiger partial charge < -0.3 is 5.73 Å². The number of thioether (sulfide) groups is 1. The van der Waals surface area contributed by atoms with Crippen molar-refractivity contribution in [1.82, 2.24) is 0 Å². The molecule has 0 fully saturated rings. The third kappa shape index (κ3) is 4.08. The summed E-state index contributed by atoms with van der Waals surface area (Å²) in [6.07, 6.45) is 0. The Balaban J connectivity index is 1.96. The molecule has 4 heteroatoms. The summed E-state index contributed by atoms with van der Waals surface area (Å²) in [5.41, 5.74) is 5.35. The van der Waals surface area contributed by atoms with Crippen molar-refractivity contribution in [1.29, 1.82) is 0 Å². The van der Waals surface area contributed by atoms with E-state index in [9.17, 15) is 0 Å². The van der Waals surface area contributed by atoms with E-state index < -0.39 is 0 Å². The van der Waals surface area contributed by atoms with Crippen LogP contribution in [0.5, 0.6) is 0 Å². The molecule has 0 radical (unpaired) electrons. The summed E-state index contributed by atoms with van der Waals surface area (Å²) in [4.78, 5) is 3.56.